The maximum Gasteiger partial charge on any atom is 0.243 e. The minimum Gasteiger partial charge on any atom is -0.496 e. The molecular weight excluding hydrogens is 346 g/mol. The van der Waals surface area contributed by atoms with Crippen molar-refractivity contribution >= 4 is 26.0 Å². The summed E-state index contributed by atoms with van der Waals surface area (Å²) in [6.07, 6.45) is 0.411. The van der Waals surface area contributed by atoms with Crippen molar-refractivity contribution in [2.45, 2.75) is 31.2 Å². The molecule has 5 nitrogen and oxygen atoms in total. The van der Waals surface area contributed by atoms with Crippen molar-refractivity contribution in [1.29, 1.82) is 0 Å². The molecule has 0 aliphatic heterocycles. The molecule has 0 radical (unpaired) electrons. The molecule has 1 aromatic carbocycles. The van der Waals surface area contributed by atoms with Crippen molar-refractivity contribution in [1.82, 2.24) is 4.31 Å². The third-order valence-corrected chi connectivity index (χ3v) is 5.53. The maximum absolute atomic E-state index is 12.6. The van der Waals surface area contributed by atoms with E-state index in [4.69, 9.17) is 9.84 Å². The minimum atomic E-state index is -3.58. The van der Waals surface area contributed by atoms with Gasteiger partial charge in [-0.15, -0.1) is 0 Å². The molecule has 1 N–H and O–H groups in total. The summed E-state index contributed by atoms with van der Waals surface area (Å²) in [6.45, 7) is 3.88. The van der Waals surface area contributed by atoms with Crippen LogP contribution in [0.4, 0.5) is 0 Å². The smallest absolute Gasteiger partial charge is 0.243 e. The van der Waals surface area contributed by atoms with Gasteiger partial charge in [-0.3, -0.25) is 0 Å². The molecule has 0 aliphatic carbocycles. The van der Waals surface area contributed by atoms with Gasteiger partial charge in [-0.25, -0.2) is 8.42 Å². The van der Waals surface area contributed by atoms with E-state index in [0.29, 0.717) is 23.2 Å². The molecule has 114 valence electrons. The van der Waals surface area contributed by atoms with Crippen LogP contribution >= 0.6 is 15.9 Å². The van der Waals surface area contributed by atoms with Crippen LogP contribution in [0.3, 0.4) is 0 Å². The molecule has 0 fully saturated rings. The van der Waals surface area contributed by atoms with Gasteiger partial charge in [0.2, 0.25) is 10.0 Å². The van der Waals surface area contributed by atoms with E-state index in [1.165, 1.54) is 23.5 Å². The number of halogens is 1. The van der Waals surface area contributed by atoms with Crippen LogP contribution in [0.15, 0.2) is 27.6 Å². The lowest BCUT2D eigenvalue weighted by molar-refractivity contribution is 0.258. The zero-order chi connectivity index (χ0) is 15.3. The molecule has 0 amide bonds. The highest BCUT2D eigenvalue weighted by Gasteiger charge is 2.27. The van der Waals surface area contributed by atoms with Crippen LogP contribution in [0.2, 0.25) is 0 Å². The van der Waals surface area contributed by atoms with Crippen LogP contribution in [-0.4, -0.2) is 44.1 Å². The first-order valence-electron chi connectivity index (χ1n) is 6.30. The quantitative estimate of drug-likeness (QED) is 0.804. The zero-order valence-corrected chi connectivity index (χ0v) is 14.2. The second-order valence-corrected chi connectivity index (χ2v) is 7.33. The Balaban J connectivity index is 3.16. The lowest BCUT2D eigenvalue weighted by Crippen LogP contribution is -2.38. The summed E-state index contributed by atoms with van der Waals surface area (Å²) in [5, 5.41) is 8.90. The Morgan fingerprint density at radius 1 is 1.40 bits per heavy atom. The van der Waals surface area contributed by atoms with Gasteiger partial charge < -0.3 is 9.84 Å². The van der Waals surface area contributed by atoms with E-state index in [1.807, 2.05) is 13.8 Å². The van der Waals surface area contributed by atoms with Gasteiger partial charge in [0.15, 0.2) is 0 Å². The van der Waals surface area contributed by atoms with Crippen LogP contribution in [0.1, 0.15) is 20.3 Å². The first-order valence-corrected chi connectivity index (χ1v) is 8.54. The highest BCUT2D eigenvalue weighted by atomic mass is 79.9. The maximum atomic E-state index is 12.6. The van der Waals surface area contributed by atoms with Crippen molar-refractivity contribution < 1.29 is 18.3 Å². The van der Waals surface area contributed by atoms with Gasteiger partial charge in [0.1, 0.15) is 5.75 Å². The third-order valence-electron chi connectivity index (χ3n) is 2.84. The number of aliphatic hydroxyl groups excluding tert-OH is 1. The molecule has 0 saturated heterocycles. The molecule has 7 heteroatoms. The number of hydrogen-bond donors (Lipinski definition) is 1. The Morgan fingerprint density at radius 2 is 2.05 bits per heavy atom. The lowest BCUT2D eigenvalue weighted by atomic mass is 10.3. The fourth-order valence-electron chi connectivity index (χ4n) is 1.83. The number of hydrogen-bond acceptors (Lipinski definition) is 4. The molecule has 1 aromatic rings. The molecule has 0 unspecified atom stereocenters. The van der Waals surface area contributed by atoms with Gasteiger partial charge in [-0.2, -0.15) is 4.31 Å². The molecule has 0 saturated carbocycles. The predicted molar refractivity (Wildman–Crippen MR) is 81.4 cm³/mol. The SMILES string of the molecule is COc1ccc(S(=O)(=O)N(CCCO)C(C)C)cc1Br. The van der Waals surface area contributed by atoms with Gasteiger partial charge in [-0.1, -0.05) is 0 Å². The van der Waals surface area contributed by atoms with E-state index in [9.17, 15) is 8.42 Å². The number of benzene rings is 1. The van der Waals surface area contributed by atoms with Crippen molar-refractivity contribution in [3.63, 3.8) is 0 Å². The van der Waals surface area contributed by atoms with E-state index in [1.54, 1.807) is 6.07 Å². The third kappa shape index (κ3) is 3.94. The van der Waals surface area contributed by atoms with Crippen molar-refractivity contribution in [3.05, 3.63) is 22.7 Å². The highest BCUT2D eigenvalue weighted by molar-refractivity contribution is 9.10. The summed E-state index contributed by atoms with van der Waals surface area (Å²) in [4.78, 5) is 0.205. The van der Waals surface area contributed by atoms with E-state index >= 15 is 0 Å². The molecule has 1 rings (SSSR count). The second kappa shape index (κ2) is 7.40. The Bertz CT molecular complexity index is 545. The number of sulfonamides is 1. The van der Waals surface area contributed by atoms with Crippen LogP contribution < -0.4 is 4.74 Å². The van der Waals surface area contributed by atoms with E-state index in [0.717, 1.165) is 0 Å². The highest BCUT2D eigenvalue weighted by Crippen LogP contribution is 2.29. The Hall–Kier alpha value is -0.630. The molecular formula is C13H20BrNO4S. The molecule has 0 aliphatic rings. The summed E-state index contributed by atoms with van der Waals surface area (Å²) in [6, 6.07) is 4.49. The number of aliphatic hydroxyl groups is 1. The van der Waals surface area contributed by atoms with E-state index in [2.05, 4.69) is 15.9 Å². The average molecular weight is 366 g/mol. The summed E-state index contributed by atoms with van der Waals surface area (Å²) in [5.74, 6) is 0.579. The zero-order valence-electron chi connectivity index (χ0n) is 11.8. The number of rotatable bonds is 7. The first kappa shape index (κ1) is 17.4. The number of ether oxygens (including phenoxy) is 1. The standard InChI is InChI=1S/C13H20BrNO4S/c1-10(2)15(7-4-8-16)20(17,18)11-5-6-13(19-3)12(14)9-11/h5-6,9-10,16H,4,7-8H2,1-3H3. The van der Waals surface area contributed by atoms with Gasteiger partial charge in [0.25, 0.3) is 0 Å². The number of nitrogens with zero attached hydrogens (tertiary/aromatic N) is 1. The van der Waals surface area contributed by atoms with Crippen molar-refractivity contribution in [2.24, 2.45) is 0 Å². The minimum absolute atomic E-state index is 0.0367. The van der Waals surface area contributed by atoms with Gasteiger partial charge in [0.05, 0.1) is 16.5 Å². The molecule has 0 heterocycles. The van der Waals surface area contributed by atoms with Crippen molar-refractivity contribution in [3.8, 4) is 5.75 Å². The van der Waals surface area contributed by atoms with E-state index in [-0.39, 0.29) is 17.5 Å². The monoisotopic (exact) mass is 365 g/mol. The lowest BCUT2D eigenvalue weighted by Gasteiger charge is -2.25. The molecule has 20 heavy (non-hydrogen) atoms. The number of methoxy groups -OCH3 is 1. The van der Waals surface area contributed by atoms with Gasteiger partial charge in [0, 0.05) is 19.2 Å². The van der Waals surface area contributed by atoms with Gasteiger partial charge in [-0.05, 0) is 54.4 Å². The Kier molecular flexibility index (Phi) is 6.44. The normalized spacial score (nSPS) is 12.2. The molecule has 0 bridgehead atoms. The molecule has 0 aromatic heterocycles. The summed E-state index contributed by atoms with van der Waals surface area (Å²) in [5.41, 5.74) is 0. The fourth-order valence-corrected chi connectivity index (χ4v) is 4.22. The summed E-state index contributed by atoms with van der Waals surface area (Å²) < 4.78 is 32.3. The van der Waals surface area contributed by atoms with E-state index < -0.39 is 10.0 Å². The summed E-state index contributed by atoms with van der Waals surface area (Å²) >= 11 is 3.29. The van der Waals surface area contributed by atoms with Crippen molar-refractivity contribution in [2.75, 3.05) is 20.3 Å². The predicted octanol–water partition coefficient (Wildman–Crippen LogP) is 2.24. The largest absolute Gasteiger partial charge is 0.496 e. The topological polar surface area (TPSA) is 66.8 Å². The Morgan fingerprint density at radius 3 is 2.50 bits per heavy atom. The average Bonchev–Trinajstić information content (AvgIpc) is 2.38. The molecule has 0 atom stereocenters. The Labute approximate surface area is 128 Å². The fraction of sp³-hybridized carbons (Fsp3) is 0.538. The van der Waals surface area contributed by atoms with Crippen LogP contribution in [0.25, 0.3) is 0 Å². The molecule has 0 spiro atoms. The van der Waals surface area contributed by atoms with Crippen LogP contribution in [0.5, 0.6) is 5.75 Å². The van der Waals surface area contributed by atoms with Crippen LogP contribution in [0, 0.1) is 0 Å². The van der Waals surface area contributed by atoms with Gasteiger partial charge >= 0.3 is 0 Å². The van der Waals surface area contributed by atoms with Crippen LogP contribution in [-0.2, 0) is 10.0 Å². The first-order chi connectivity index (χ1) is 9.34. The summed E-state index contributed by atoms with van der Waals surface area (Å²) in [7, 11) is -2.06. The second-order valence-electron chi connectivity index (χ2n) is 4.58.